The van der Waals surface area contributed by atoms with Crippen molar-refractivity contribution < 1.29 is 0 Å². The van der Waals surface area contributed by atoms with Gasteiger partial charge in [-0.15, -0.1) is 34.0 Å². The number of rotatable bonds is 0. The molecular formula is C30H9N3S3. The lowest BCUT2D eigenvalue weighted by molar-refractivity contribution is 1.32. The third-order valence-corrected chi connectivity index (χ3v) is 12.4. The van der Waals surface area contributed by atoms with Crippen LogP contribution in [-0.2, 0) is 0 Å². The third kappa shape index (κ3) is 1.20. The van der Waals surface area contributed by atoms with Crippen LogP contribution in [0.2, 0.25) is 0 Å². The van der Waals surface area contributed by atoms with Crippen LogP contribution in [0.5, 0.6) is 0 Å². The van der Waals surface area contributed by atoms with Gasteiger partial charge in [-0.25, -0.2) is 0 Å². The molecule has 1 aromatic carbocycles. The van der Waals surface area contributed by atoms with Gasteiger partial charge in [-0.1, -0.05) is 0 Å². The Kier molecular flexibility index (Phi) is 1.96. The molecule has 13 aromatic rings. The SMILES string of the molecule is c1sc2c3c1c1ccc4c5scc6c5c5c(c3c3c7c8c(csc8c8ccc6n8c57)c5ccc2n53)n14. The van der Waals surface area contributed by atoms with E-state index < -0.39 is 0 Å². The Hall–Kier alpha value is -3.84. The monoisotopic (exact) mass is 507 g/mol. The Morgan fingerprint density at radius 2 is 0.667 bits per heavy atom. The lowest BCUT2D eigenvalue weighted by Gasteiger charge is -2.24. The summed E-state index contributed by atoms with van der Waals surface area (Å²) in [5.41, 5.74) is 12.3. The molecular weight excluding hydrogens is 499 g/mol. The fraction of sp³-hybridized carbons (Fsp3) is 0. The van der Waals surface area contributed by atoms with Gasteiger partial charge in [-0.2, -0.15) is 0 Å². The number of thiophene rings is 3. The number of pyridine rings is 6. The summed E-state index contributed by atoms with van der Waals surface area (Å²) in [5.74, 6) is 0. The van der Waals surface area contributed by atoms with Crippen LogP contribution >= 0.6 is 34.0 Å². The molecule has 0 aliphatic heterocycles. The average Bonchev–Trinajstić information content (AvgIpc) is 3.70. The Balaban J connectivity index is 1.68. The molecule has 0 fully saturated rings. The van der Waals surface area contributed by atoms with Gasteiger partial charge in [-0.3, -0.25) is 0 Å². The van der Waals surface area contributed by atoms with Crippen molar-refractivity contribution in [3.8, 4) is 0 Å². The van der Waals surface area contributed by atoms with E-state index in [1.165, 1.54) is 112 Å². The quantitative estimate of drug-likeness (QED) is 0.143. The van der Waals surface area contributed by atoms with Crippen LogP contribution in [0, 0.1) is 0 Å². The van der Waals surface area contributed by atoms with E-state index in [0.29, 0.717) is 0 Å². The van der Waals surface area contributed by atoms with E-state index in [-0.39, 0.29) is 0 Å². The second-order valence-corrected chi connectivity index (χ2v) is 13.2. The van der Waals surface area contributed by atoms with Crippen LogP contribution in [-0.4, -0.2) is 13.2 Å². The lowest BCUT2D eigenvalue weighted by atomic mass is 9.92. The fourth-order valence-electron chi connectivity index (χ4n) is 8.24. The standard InChI is InChI=1S/C30H9N3S3/c1-4-16-28-20-11(8-35-28)14-3-6-18-30-21-12(9-36-30)15-2-5-17-29-19-10(7-34-29)13(1)31(16)25-22(19)26(32(15)17)24(21)27(23(20)25)33(14)18/h1-9H. The van der Waals surface area contributed by atoms with Gasteiger partial charge in [0.05, 0.1) is 63.8 Å². The first-order valence-electron chi connectivity index (χ1n) is 12.2. The van der Waals surface area contributed by atoms with Crippen LogP contribution in [0.25, 0.3) is 112 Å². The number of aromatic nitrogens is 3. The van der Waals surface area contributed by atoms with Crippen molar-refractivity contribution in [2.24, 2.45) is 0 Å². The van der Waals surface area contributed by atoms with E-state index in [9.17, 15) is 0 Å². The molecule has 0 N–H and O–H groups in total. The first kappa shape index (κ1) is 16.0. The van der Waals surface area contributed by atoms with Gasteiger partial charge in [0.25, 0.3) is 0 Å². The summed E-state index contributed by atoms with van der Waals surface area (Å²) >= 11 is 5.74. The summed E-state index contributed by atoms with van der Waals surface area (Å²) in [6, 6.07) is 14.2. The van der Waals surface area contributed by atoms with Crippen molar-refractivity contribution in [2.45, 2.75) is 0 Å². The Bertz CT molecular complexity index is 2310. The molecule has 0 spiro atoms. The highest BCUT2D eigenvalue weighted by Crippen LogP contribution is 2.56. The molecule has 0 atom stereocenters. The maximum Gasteiger partial charge on any atom is 0.0663 e. The summed E-state index contributed by atoms with van der Waals surface area (Å²) in [7, 11) is 0. The van der Waals surface area contributed by atoms with E-state index in [0.717, 1.165) is 0 Å². The minimum Gasteiger partial charge on any atom is -0.307 e. The van der Waals surface area contributed by atoms with Gasteiger partial charge in [0.1, 0.15) is 0 Å². The zero-order valence-corrected chi connectivity index (χ0v) is 20.7. The van der Waals surface area contributed by atoms with Crippen molar-refractivity contribution in [1.82, 2.24) is 13.2 Å². The van der Waals surface area contributed by atoms with E-state index in [1.54, 1.807) is 0 Å². The highest BCUT2D eigenvalue weighted by atomic mass is 32.1. The normalized spacial score (nSPS) is 14.7. The molecule has 0 aliphatic carbocycles. The van der Waals surface area contributed by atoms with Gasteiger partial charge >= 0.3 is 0 Å². The number of fused-ring (bicyclic) bond motifs is 6. The van der Waals surface area contributed by atoms with Crippen molar-refractivity contribution >= 4 is 146 Å². The highest BCUT2D eigenvalue weighted by molar-refractivity contribution is 7.20. The minimum atomic E-state index is 1.35. The highest BCUT2D eigenvalue weighted by Gasteiger charge is 2.32. The number of hydrogen-bond acceptors (Lipinski definition) is 3. The largest absolute Gasteiger partial charge is 0.307 e. The van der Waals surface area contributed by atoms with Gasteiger partial charge in [-0.05, 0) is 36.4 Å². The maximum absolute atomic E-state index is 2.60. The predicted molar refractivity (Wildman–Crippen MR) is 158 cm³/mol. The molecule has 6 heteroatoms. The molecule has 0 bridgehead atoms. The van der Waals surface area contributed by atoms with Gasteiger partial charge < -0.3 is 13.2 Å². The van der Waals surface area contributed by atoms with E-state index >= 15 is 0 Å². The first-order valence-corrected chi connectivity index (χ1v) is 14.8. The molecule has 36 heavy (non-hydrogen) atoms. The average molecular weight is 508 g/mol. The van der Waals surface area contributed by atoms with E-state index in [1.807, 2.05) is 34.0 Å². The lowest BCUT2D eigenvalue weighted by Crippen LogP contribution is -2.04. The number of hydrogen-bond donors (Lipinski definition) is 0. The second kappa shape index (κ2) is 4.41. The minimum absolute atomic E-state index is 1.35. The van der Waals surface area contributed by atoms with Crippen molar-refractivity contribution in [2.75, 3.05) is 0 Å². The maximum atomic E-state index is 2.60. The van der Waals surface area contributed by atoms with Gasteiger partial charge in [0.15, 0.2) is 0 Å². The molecule has 0 radical (unpaired) electrons. The topological polar surface area (TPSA) is 13.2 Å². The van der Waals surface area contributed by atoms with Gasteiger partial charge in [0, 0.05) is 64.6 Å². The Morgan fingerprint density at radius 3 is 1.00 bits per heavy atom. The molecule has 12 heterocycles. The zero-order chi connectivity index (χ0) is 22.3. The molecule has 0 saturated heterocycles. The third-order valence-electron chi connectivity index (χ3n) is 9.38. The molecule has 162 valence electrons. The smallest absolute Gasteiger partial charge is 0.0663 e. The van der Waals surface area contributed by atoms with Crippen molar-refractivity contribution in [1.29, 1.82) is 0 Å². The number of benzene rings is 1. The molecule has 0 saturated carbocycles. The van der Waals surface area contributed by atoms with Crippen LogP contribution < -0.4 is 0 Å². The van der Waals surface area contributed by atoms with Crippen LogP contribution in [0.1, 0.15) is 0 Å². The van der Waals surface area contributed by atoms with Crippen molar-refractivity contribution in [3.05, 3.63) is 52.5 Å². The van der Waals surface area contributed by atoms with Crippen LogP contribution in [0.4, 0.5) is 0 Å². The molecule has 0 aliphatic rings. The molecule has 0 amide bonds. The summed E-state index contributed by atoms with van der Waals surface area (Å²) in [5, 5.41) is 20.2. The van der Waals surface area contributed by atoms with Crippen LogP contribution in [0.15, 0.2) is 52.5 Å². The van der Waals surface area contributed by atoms with Crippen molar-refractivity contribution in [3.63, 3.8) is 0 Å². The molecule has 3 nitrogen and oxygen atoms in total. The van der Waals surface area contributed by atoms with E-state index in [2.05, 4.69) is 65.7 Å². The zero-order valence-electron chi connectivity index (χ0n) is 18.3. The second-order valence-electron chi connectivity index (χ2n) is 10.5. The summed E-state index contributed by atoms with van der Waals surface area (Å²) < 4.78 is 12.1. The Labute approximate surface area is 211 Å². The predicted octanol–water partition coefficient (Wildman–Crippen LogP) is 9.63. The Morgan fingerprint density at radius 1 is 0.361 bits per heavy atom. The van der Waals surface area contributed by atoms with Crippen LogP contribution in [0.3, 0.4) is 0 Å². The summed E-state index contributed by atoms with van der Waals surface area (Å²) in [6.45, 7) is 0. The fourth-order valence-corrected chi connectivity index (χ4v) is 11.5. The number of nitrogens with zero attached hydrogens (tertiary/aromatic N) is 3. The van der Waals surface area contributed by atoms with Gasteiger partial charge in [0.2, 0.25) is 0 Å². The molecule has 12 aromatic heterocycles. The molecule has 0 unspecified atom stereocenters. The van der Waals surface area contributed by atoms with E-state index in [4.69, 9.17) is 0 Å². The summed E-state index contributed by atoms with van der Waals surface area (Å²) in [6.07, 6.45) is 0. The summed E-state index contributed by atoms with van der Waals surface area (Å²) in [4.78, 5) is 0. The molecule has 13 rings (SSSR count). The first-order chi connectivity index (χ1) is 17.9.